The second kappa shape index (κ2) is 9.36. The number of hydrogen-bond donors (Lipinski definition) is 1. The molecule has 1 saturated heterocycles. The molecule has 0 saturated carbocycles. The monoisotopic (exact) mass is 373 g/mol. The standard InChI is InChI=1S/C22H35N3O2/c1-17(2)25(13-11-18-9-7-6-8-10-18)20(26)15-19-21(27)23-12-14-24(19)16-22(3,4)5/h6-10,17,19H,11-16H2,1-5H3,(H,23,27)/t19-/m1/s1. The summed E-state index contributed by atoms with van der Waals surface area (Å²) >= 11 is 0. The number of rotatable bonds is 7. The van der Waals surface area contributed by atoms with Crippen LogP contribution in [0.5, 0.6) is 0 Å². The van der Waals surface area contributed by atoms with Gasteiger partial charge in [0.25, 0.3) is 0 Å². The Morgan fingerprint density at radius 2 is 1.93 bits per heavy atom. The molecule has 0 aromatic heterocycles. The number of carbonyl (C=O) groups is 2. The third-order valence-electron chi connectivity index (χ3n) is 4.91. The Bertz CT molecular complexity index is 622. The molecule has 1 heterocycles. The third kappa shape index (κ3) is 6.65. The Labute approximate surface area is 164 Å². The molecule has 2 rings (SSSR count). The lowest BCUT2D eigenvalue weighted by Crippen LogP contribution is -2.58. The van der Waals surface area contributed by atoms with Gasteiger partial charge in [0.15, 0.2) is 0 Å². The van der Waals surface area contributed by atoms with E-state index in [0.717, 1.165) is 19.5 Å². The van der Waals surface area contributed by atoms with E-state index in [-0.39, 0.29) is 35.7 Å². The van der Waals surface area contributed by atoms with E-state index in [1.807, 2.05) is 36.9 Å². The second-order valence-electron chi connectivity index (χ2n) is 8.96. The highest BCUT2D eigenvalue weighted by atomic mass is 16.2. The molecule has 0 bridgehead atoms. The molecule has 1 N–H and O–H groups in total. The zero-order valence-corrected chi connectivity index (χ0v) is 17.5. The van der Waals surface area contributed by atoms with Gasteiger partial charge in [-0.1, -0.05) is 51.1 Å². The molecule has 1 atom stereocenters. The van der Waals surface area contributed by atoms with E-state index in [9.17, 15) is 9.59 Å². The average molecular weight is 374 g/mol. The van der Waals surface area contributed by atoms with Crippen molar-refractivity contribution in [2.45, 2.75) is 59.5 Å². The zero-order chi connectivity index (χ0) is 20.0. The molecule has 0 spiro atoms. The number of amides is 2. The van der Waals surface area contributed by atoms with Crippen LogP contribution in [0.2, 0.25) is 0 Å². The molecule has 0 unspecified atom stereocenters. The zero-order valence-electron chi connectivity index (χ0n) is 17.5. The van der Waals surface area contributed by atoms with Gasteiger partial charge in [-0.05, 0) is 31.2 Å². The first-order valence-electron chi connectivity index (χ1n) is 10.0. The van der Waals surface area contributed by atoms with Gasteiger partial charge in [0.2, 0.25) is 11.8 Å². The van der Waals surface area contributed by atoms with E-state index < -0.39 is 0 Å². The molecule has 27 heavy (non-hydrogen) atoms. The minimum absolute atomic E-state index is 0.0226. The lowest BCUT2D eigenvalue weighted by molar-refractivity contribution is -0.140. The van der Waals surface area contributed by atoms with Crippen molar-refractivity contribution in [1.29, 1.82) is 0 Å². The predicted molar refractivity (Wildman–Crippen MR) is 109 cm³/mol. The van der Waals surface area contributed by atoms with Crippen molar-refractivity contribution >= 4 is 11.8 Å². The van der Waals surface area contributed by atoms with Crippen LogP contribution < -0.4 is 5.32 Å². The van der Waals surface area contributed by atoms with Gasteiger partial charge in [-0.15, -0.1) is 0 Å². The summed E-state index contributed by atoms with van der Waals surface area (Å²) in [5, 5.41) is 2.93. The summed E-state index contributed by atoms with van der Waals surface area (Å²) in [7, 11) is 0. The molecule has 1 aliphatic rings. The van der Waals surface area contributed by atoms with Gasteiger partial charge in [-0.25, -0.2) is 0 Å². The van der Waals surface area contributed by atoms with E-state index in [1.165, 1.54) is 5.56 Å². The molecule has 5 heteroatoms. The summed E-state index contributed by atoms with van der Waals surface area (Å²) in [5.41, 5.74) is 1.31. The minimum atomic E-state index is -0.372. The first kappa shape index (κ1) is 21.4. The van der Waals surface area contributed by atoms with Gasteiger partial charge < -0.3 is 10.2 Å². The SMILES string of the molecule is CC(C)N(CCc1ccccc1)C(=O)C[C@@H]1C(=O)NCCN1CC(C)(C)C. The first-order valence-corrected chi connectivity index (χ1v) is 10.0. The Morgan fingerprint density at radius 3 is 2.52 bits per heavy atom. The number of nitrogens with zero attached hydrogens (tertiary/aromatic N) is 2. The van der Waals surface area contributed by atoms with Gasteiger partial charge in [-0.3, -0.25) is 14.5 Å². The van der Waals surface area contributed by atoms with Crippen molar-refractivity contribution in [3.63, 3.8) is 0 Å². The quantitative estimate of drug-likeness (QED) is 0.799. The van der Waals surface area contributed by atoms with E-state index in [1.54, 1.807) is 0 Å². The van der Waals surface area contributed by atoms with Gasteiger partial charge in [-0.2, -0.15) is 0 Å². The molecule has 5 nitrogen and oxygen atoms in total. The predicted octanol–water partition coefficient (Wildman–Crippen LogP) is 2.70. The van der Waals surface area contributed by atoms with E-state index in [0.29, 0.717) is 13.1 Å². The maximum Gasteiger partial charge on any atom is 0.237 e. The molecule has 150 valence electrons. The molecular weight excluding hydrogens is 338 g/mol. The lowest BCUT2D eigenvalue weighted by Gasteiger charge is -2.39. The van der Waals surface area contributed by atoms with Crippen LogP contribution in [0.25, 0.3) is 0 Å². The molecule has 1 fully saturated rings. The van der Waals surface area contributed by atoms with Crippen LogP contribution in [0.3, 0.4) is 0 Å². The lowest BCUT2D eigenvalue weighted by atomic mass is 9.94. The number of benzene rings is 1. The van der Waals surface area contributed by atoms with Crippen molar-refractivity contribution in [3.05, 3.63) is 35.9 Å². The van der Waals surface area contributed by atoms with E-state index in [2.05, 4.69) is 43.1 Å². The fourth-order valence-corrected chi connectivity index (χ4v) is 3.63. The van der Waals surface area contributed by atoms with Crippen LogP contribution >= 0.6 is 0 Å². The van der Waals surface area contributed by atoms with Crippen LogP contribution in [-0.4, -0.2) is 59.9 Å². The highest BCUT2D eigenvalue weighted by Gasteiger charge is 2.35. The Hall–Kier alpha value is -1.88. The average Bonchev–Trinajstić information content (AvgIpc) is 2.57. The van der Waals surface area contributed by atoms with Crippen LogP contribution in [-0.2, 0) is 16.0 Å². The molecule has 1 aromatic rings. The summed E-state index contributed by atoms with van der Waals surface area (Å²) < 4.78 is 0. The second-order valence-corrected chi connectivity index (χ2v) is 8.96. The number of piperazine rings is 1. The van der Waals surface area contributed by atoms with Crippen molar-refractivity contribution in [1.82, 2.24) is 15.1 Å². The van der Waals surface area contributed by atoms with Crippen molar-refractivity contribution < 1.29 is 9.59 Å². The molecule has 0 radical (unpaired) electrons. The van der Waals surface area contributed by atoms with Gasteiger partial charge >= 0.3 is 0 Å². The molecule has 1 aromatic carbocycles. The number of hydrogen-bond acceptors (Lipinski definition) is 3. The van der Waals surface area contributed by atoms with Crippen molar-refractivity contribution in [2.24, 2.45) is 5.41 Å². The van der Waals surface area contributed by atoms with Gasteiger partial charge in [0.1, 0.15) is 0 Å². The van der Waals surface area contributed by atoms with Crippen LogP contribution in [0.15, 0.2) is 30.3 Å². The minimum Gasteiger partial charge on any atom is -0.353 e. The van der Waals surface area contributed by atoms with Crippen LogP contribution in [0.4, 0.5) is 0 Å². The van der Waals surface area contributed by atoms with E-state index >= 15 is 0 Å². The highest BCUT2D eigenvalue weighted by molar-refractivity contribution is 5.89. The van der Waals surface area contributed by atoms with Crippen LogP contribution in [0.1, 0.15) is 46.6 Å². The topological polar surface area (TPSA) is 52.7 Å². The summed E-state index contributed by atoms with van der Waals surface area (Å²) in [4.78, 5) is 29.6. The molecular formula is C22H35N3O2. The molecule has 1 aliphatic heterocycles. The summed E-state index contributed by atoms with van der Waals surface area (Å²) in [6, 6.07) is 9.96. The van der Waals surface area contributed by atoms with Crippen molar-refractivity contribution in [2.75, 3.05) is 26.2 Å². The third-order valence-corrected chi connectivity index (χ3v) is 4.91. The highest BCUT2D eigenvalue weighted by Crippen LogP contribution is 2.20. The fourth-order valence-electron chi connectivity index (χ4n) is 3.63. The first-order chi connectivity index (χ1) is 12.7. The largest absolute Gasteiger partial charge is 0.353 e. The maximum atomic E-state index is 13.1. The fraction of sp³-hybridized carbons (Fsp3) is 0.636. The number of carbonyl (C=O) groups excluding carboxylic acids is 2. The Kier molecular flexibility index (Phi) is 7.42. The van der Waals surface area contributed by atoms with Gasteiger partial charge in [0, 0.05) is 32.2 Å². The summed E-state index contributed by atoms with van der Waals surface area (Å²) in [6.45, 7) is 13.5. The Balaban J connectivity index is 2.04. The maximum absolute atomic E-state index is 13.1. The molecule has 0 aliphatic carbocycles. The van der Waals surface area contributed by atoms with Crippen molar-refractivity contribution in [3.8, 4) is 0 Å². The van der Waals surface area contributed by atoms with Crippen LogP contribution in [0, 0.1) is 5.41 Å². The molecule has 2 amide bonds. The Morgan fingerprint density at radius 1 is 1.26 bits per heavy atom. The van der Waals surface area contributed by atoms with E-state index in [4.69, 9.17) is 0 Å². The summed E-state index contributed by atoms with van der Waals surface area (Å²) in [6.07, 6.45) is 1.07. The summed E-state index contributed by atoms with van der Waals surface area (Å²) in [5.74, 6) is 0.0347. The van der Waals surface area contributed by atoms with Gasteiger partial charge in [0.05, 0.1) is 12.5 Å². The number of nitrogens with one attached hydrogen (secondary N) is 1. The normalized spacial score (nSPS) is 18.4. The smallest absolute Gasteiger partial charge is 0.237 e.